The Morgan fingerprint density at radius 2 is 2.09 bits per heavy atom. The normalized spacial score (nSPS) is 21.2. The number of nitrogens with one attached hydrogen (secondary N) is 1. The van der Waals surface area contributed by atoms with E-state index in [-0.39, 0.29) is 5.60 Å². The number of fused-ring (bicyclic) bond motifs is 3. The maximum atomic E-state index is 6.27. The quantitative estimate of drug-likeness (QED) is 0.817. The molecule has 2 heterocycles. The van der Waals surface area contributed by atoms with E-state index in [4.69, 9.17) is 4.74 Å². The van der Waals surface area contributed by atoms with E-state index >= 15 is 0 Å². The Bertz CT molecular complexity index is 646. The minimum atomic E-state index is -0.145. The van der Waals surface area contributed by atoms with Crippen LogP contribution in [0.2, 0.25) is 0 Å². The summed E-state index contributed by atoms with van der Waals surface area (Å²) < 4.78 is 8.75. The van der Waals surface area contributed by atoms with Crippen LogP contribution in [0.15, 0.2) is 24.3 Å². The van der Waals surface area contributed by atoms with Crippen molar-refractivity contribution in [2.75, 3.05) is 19.7 Å². The van der Waals surface area contributed by atoms with Gasteiger partial charge < -0.3 is 14.6 Å². The van der Waals surface area contributed by atoms with Gasteiger partial charge in [-0.2, -0.15) is 0 Å². The highest BCUT2D eigenvalue weighted by atomic mass is 16.5. The summed E-state index contributed by atoms with van der Waals surface area (Å²) in [4.78, 5) is 0. The van der Waals surface area contributed by atoms with Crippen LogP contribution in [0.5, 0.6) is 0 Å². The minimum Gasteiger partial charge on any atom is -0.367 e. The molecule has 1 aliphatic heterocycles. The second kappa shape index (κ2) is 6.43. The molecule has 3 rings (SSSR count). The van der Waals surface area contributed by atoms with Crippen molar-refractivity contribution in [2.24, 2.45) is 0 Å². The highest BCUT2D eigenvalue weighted by molar-refractivity contribution is 5.85. The van der Waals surface area contributed by atoms with Crippen LogP contribution in [0.25, 0.3) is 10.9 Å². The minimum absolute atomic E-state index is 0.145. The van der Waals surface area contributed by atoms with Gasteiger partial charge in [-0.3, -0.25) is 0 Å². The van der Waals surface area contributed by atoms with Crippen molar-refractivity contribution in [3.05, 3.63) is 35.5 Å². The molecule has 1 aliphatic rings. The summed E-state index contributed by atoms with van der Waals surface area (Å²) >= 11 is 0. The first-order valence-corrected chi connectivity index (χ1v) is 8.60. The highest BCUT2D eigenvalue weighted by Gasteiger charge is 2.36. The van der Waals surface area contributed by atoms with Crippen molar-refractivity contribution in [2.45, 2.75) is 52.2 Å². The zero-order valence-electron chi connectivity index (χ0n) is 14.1. The summed E-state index contributed by atoms with van der Waals surface area (Å²) in [6, 6.07) is 8.75. The zero-order chi connectivity index (χ0) is 15.6. The zero-order valence-corrected chi connectivity index (χ0v) is 14.1. The Labute approximate surface area is 133 Å². The van der Waals surface area contributed by atoms with Crippen molar-refractivity contribution in [3.8, 4) is 0 Å². The molecular weight excluding hydrogens is 272 g/mol. The monoisotopic (exact) mass is 300 g/mol. The lowest BCUT2D eigenvalue weighted by atomic mass is 9.91. The van der Waals surface area contributed by atoms with Gasteiger partial charge in [0, 0.05) is 17.4 Å². The third kappa shape index (κ3) is 2.68. The van der Waals surface area contributed by atoms with Crippen LogP contribution in [0.1, 0.15) is 44.4 Å². The summed E-state index contributed by atoms with van der Waals surface area (Å²) in [6.45, 7) is 10.6. The molecule has 0 fully saturated rings. The SMILES string of the molecule is CCNCCCCC1(C)OCCn2c1c(C)c1ccccc12. The van der Waals surface area contributed by atoms with E-state index in [9.17, 15) is 0 Å². The Morgan fingerprint density at radius 1 is 1.27 bits per heavy atom. The summed E-state index contributed by atoms with van der Waals surface area (Å²) in [5.41, 5.74) is 4.00. The topological polar surface area (TPSA) is 26.2 Å². The number of ether oxygens (including phenoxy) is 1. The number of unbranched alkanes of at least 4 members (excludes halogenated alkanes) is 1. The van der Waals surface area contributed by atoms with Crippen LogP contribution >= 0.6 is 0 Å². The molecule has 1 aromatic carbocycles. The van der Waals surface area contributed by atoms with Gasteiger partial charge in [0.2, 0.25) is 0 Å². The number of hydrogen-bond donors (Lipinski definition) is 1. The smallest absolute Gasteiger partial charge is 0.106 e. The number of aryl methyl sites for hydroxylation is 1. The molecule has 0 spiro atoms. The van der Waals surface area contributed by atoms with Crippen molar-refractivity contribution in [3.63, 3.8) is 0 Å². The van der Waals surface area contributed by atoms with Crippen LogP contribution in [0.3, 0.4) is 0 Å². The molecule has 120 valence electrons. The lowest BCUT2D eigenvalue weighted by Gasteiger charge is -2.36. The molecule has 2 aromatic rings. The van der Waals surface area contributed by atoms with E-state index in [1.165, 1.54) is 35.0 Å². The molecule has 22 heavy (non-hydrogen) atoms. The molecule has 3 heteroatoms. The maximum absolute atomic E-state index is 6.27. The lowest BCUT2D eigenvalue weighted by Crippen LogP contribution is -2.36. The largest absolute Gasteiger partial charge is 0.367 e. The first-order chi connectivity index (χ1) is 10.7. The summed E-state index contributed by atoms with van der Waals surface area (Å²) in [5, 5.41) is 4.78. The molecule has 1 atom stereocenters. The van der Waals surface area contributed by atoms with Gasteiger partial charge in [0.15, 0.2) is 0 Å². The van der Waals surface area contributed by atoms with Gasteiger partial charge in [0.1, 0.15) is 5.60 Å². The van der Waals surface area contributed by atoms with E-state index in [2.05, 4.69) is 54.9 Å². The molecule has 0 saturated heterocycles. The van der Waals surface area contributed by atoms with E-state index < -0.39 is 0 Å². The number of aromatic nitrogens is 1. The third-order valence-electron chi connectivity index (χ3n) is 4.97. The molecule has 3 nitrogen and oxygen atoms in total. The van der Waals surface area contributed by atoms with Crippen LogP contribution in [-0.4, -0.2) is 24.3 Å². The Morgan fingerprint density at radius 3 is 2.91 bits per heavy atom. The highest BCUT2D eigenvalue weighted by Crippen LogP contribution is 2.40. The number of para-hydroxylation sites is 1. The predicted molar refractivity (Wildman–Crippen MR) is 92.4 cm³/mol. The fourth-order valence-electron chi connectivity index (χ4n) is 3.90. The van der Waals surface area contributed by atoms with Gasteiger partial charge in [-0.25, -0.2) is 0 Å². The van der Waals surface area contributed by atoms with Gasteiger partial charge in [0.25, 0.3) is 0 Å². The Kier molecular flexibility index (Phi) is 4.55. The molecule has 0 saturated carbocycles. The first kappa shape index (κ1) is 15.6. The standard InChI is InChI=1S/C19H28N2O/c1-4-20-12-8-7-11-19(3)18-15(2)16-9-5-6-10-17(16)21(18)13-14-22-19/h5-6,9-10,20H,4,7-8,11-14H2,1-3H3. The fourth-order valence-corrected chi connectivity index (χ4v) is 3.90. The van der Waals surface area contributed by atoms with Gasteiger partial charge in [-0.15, -0.1) is 0 Å². The molecule has 1 N–H and O–H groups in total. The van der Waals surface area contributed by atoms with E-state index in [1.807, 2.05) is 0 Å². The molecule has 0 amide bonds. The predicted octanol–water partition coefficient (Wildman–Crippen LogP) is 3.97. The maximum Gasteiger partial charge on any atom is 0.106 e. The summed E-state index contributed by atoms with van der Waals surface area (Å²) in [5.74, 6) is 0. The number of rotatable bonds is 6. The second-order valence-electron chi connectivity index (χ2n) is 6.53. The van der Waals surface area contributed by atoms with Gasteiger partial charge >= 0.3 is 0 Å². The van der Waals surface area contributed by atoms with Crippen LogP contribution < -0.4 is 5.32 Å². The summed E-state index contributed by atoms with van der Waals surface area (Å²) in [7, 11) is 0. The molecule has 0 radical (unpaired) electrons. The molecule has 0 bridgehead atoms. The van der Waals surface area contributed by atoms with Crippen molar-refractivity contribution < 1.29 is 4.74 Å². The van der Waals surface area contributed by atoms with Crippen LogP contribution in [0, 0.1) is 6.92 Å². The molecular formula is C19H28N2O. The van der Waals surface area contributed by atoms with E-state index in [1.54, 1.807) is 0 Å². The van der Waals surface area contributed by atoms with Crippen molar-refractivity contribution in [1.82, 2.24) is 9.88 Å². The first-order valence-electron chi connectivity index (χ1n) is 8.60. The third-order valence-corrected chi connectivity index (χ3v) is 4.97. The average Bonchev–Trinajstić information content (AvgIpc) is 2.82. The number of hydrogen-bond acceptors (Lipinski definition) is 2. The fraction of sp³-hybridized carbons (Fsp3) is 0.579. The van der Waals surface area contributed by atoms with E-state index in [0.717, 1.165) is 32.7 Å². The van der Waals surface area contributed by atoms with Crippen LogP contribution in [-0.2, 0) is 16.9 Å². The Balaban J connectivity index is 1.87. The Hall–Kier alpha value is -1.32. The van der Waals surface area contributed by atoms with Crippen LogP contribution in [0.4, 0.5) is 0 Å². The van der Waals surface area contributed by atoms with Crippen molar-refractivity contribution in [1.29, 1.82) is 0 Å². The van der Waals surface area contributed by atoms with Gasteiger partial charge in [-0.1, -0.05) is 25.1 Å². The number of benzene rings is 1. The van der Waals surface area contributed by atoms with E-state index in [0.29, 0.717) is 0 Å². The average molecular weight is 300 g/mol. The number of nitrogens with zero attached hydrogens (tertiary/aromatic N) is 1. The molecule has 1 unspecified atom stereocenters. The summed E-state index contributed by atoms with van der Waals surface area (Å²) in [6.07, 6.45) is 3.51. The molecule has 0 aliphatic carbocycles. The second-order valence-corrected chi connectivity index (χ2v) is 6.53. The molecule has 1 aromatic heterocycles. The van der Waals surface area contributed by atoms with Gasteiger partial charge in [-0.05, 0) is 57.8 Å². The van der Waals surface area contributed by atoms with Crippen molar-refractivity contribution >= 4 is 10.9 Å². The van der Waals surface area contributed by atoms with Gasteiger partial charge in [0.05, 0.1) is 12.3 Å². The lowest BCUT2D eigenvalue weighted by molar-refractivity contribution is -0.0707.